The summed E-state index contributed by atoms with van der Waals surface area (Å²) in [6.07, 6.45) is 1.28. The highest BCUT2D eigenvalue weighted by Crippen LogP contribution is 2.33. The summed E-state index contributed by atoms with van der Waals surface area (Å²) in [5.41, 5.74) is -0.126. The van der Waals surface area contributed by atoms with Crippen LogP contribution in [0.15, 0.2) is 18.2 Å². The lowest BCUT2D eigenvalue weighted by molar-refractivity contribution is 0.00569. The average molecular weight is 225 g/mol. The molecule has 1 aromatic carbocycles. The molecule has 1 heterocycles. The predicted octanol–water partition coefficient (Wildman–Crippen LogP) is 1.41. The molecule has 2 N–H and O–H groups in total. The average Bonchev–Trinajstić information content (AvgIpc) is 2.30. The van der Waals surface area contributed by atoms with E-state index >= 15 is 0 Å². The molecule has 1 saturated heterocycles. The van der Waals surface area contributed by atoms with Crippen molar-refractivity contribution in [3.8, 4) is 5.75 Å². The molecule has 16 heavy (non-hydrogen) atoms. The molecule has 1 aliphatic rings. The molecule has 0 unspecified atom stereocenters. The molecule has 0 radical (unpaired) electrons. The van der Waals surface area contributed by atoms with Crippen LogP contribution in [-0.4, -0.2) is 25.3 Å². The first kappa shape index (κ1) is 11.4. The number of ether oxygens (including phenoxy) is 1. The van der Waals surface area contributed by atoms with E-state index < -0.39 is 11.4 Å². The van der Waals surface area contributed by atoms with Crippen LogP contribution < -0.4 is 10.1 Å². The predicted molar refractivity (Wildman–Crippen MR) is 59.0 cm³/mol. The van der Waals surface area contributed by atoms with E-state index in [9.17, 15) is 9.50 Å². The number of methoxy groups -OCH3 is 1. The monoisotopic (exact) mass is 225 g/mol. The second-order valence-electron chi connectivity index (χ2n) is 4.13. The molecule has 0 aromatic heterocycles. The van der Waals surface area contributed by atoms with Crippen LogP contribution in [0.1, 0.15) is 18.4 Å². The molecule has 0 bridgehead atoms. The van der Waals surface area contributed by atoms with Crippen molar-refractivity contribution in [1.29, 1.82) is 0 Å². The van der Waals surface area contributed by atoms with Crippen molar-refractivity contribution < 1.29 is 14.2 Å². The highest BCUT2D eigenvalue weighted by Gasteiger charge is 2.31. The minimum atomic E-state index is -0.855. The van der Waals surface area contributed by atoms with E-state index in [0.717, 1.165) is 18.7 Å². The van der Waals surface area contributed by atoms with Crippen LogP contribution in [0, 0.1) is 5.82 Å². The molecular weight excluding hydrogens is 209 g/mol. The number of piperidine rings is 1. The first-order valence-electron chi connectivity index (χ1n) is 5.43. The van der Waals surface area contributed by atoms with Gasteiger partial charge < -0.3 is 15.2 Å². The fraction of sp³-hybridized carbons (Fsp3) is 0.500. The van der Waals surface area contributed by atoms with E-state index in [1.165, 1.54) is 13.2 Å². The molecule has 88 valence electrons. The van der Waals surface area contributed by atoms with Gasteiger partial charge in [0, 0.05) is 0 Å². The number of halogens is 1. The van der Waals surface area contributed by atoms with Crippen molar-refractivity contribution in [2.45, 2.75) is 18.4 Å². The van der Waals surface area contributed by atoms with Gasteiger partial charge in [-0.1, -0.05) is 6.07 Å². The third-order valence-electron chi connectivity index (χ3n) is 3.12. The van der Waals surface area contributed by atoms with Gasteiger partial charge in [-0.3, -0.25) is 0 Å². The van der Waals surface area contributed by atoms with Gasteiger partial charge in [0.05, 0.1) is 12.7 Å². The largest absolute Gasteiger partial charge is 0.494 e. The first-order chi connectivity index (χ1) is 7.65. The van der Waals surface area contributed by atoms with Crippen LogP contribution in [0.2, 0.25) is 0 Å². The Bertz CT molecular complexity index is 375. The van der Waals surface area contributed by atoms with Crippen LogP contribution in [0.4, 0.5) is 4.39 Å². The molecule has 0 spiro atoms. The van der Waals surface area contributed by atoms with Crippen LogP contribution in [0.25, 0.3) is 0 Å². The molecule has 1 aliphatic heterocycles. The summed E-state index contributed by atoms with van der Waals surface area (Å²) in [6.45, 7) is 1.55. The number of benzene rings is 1. The standard InChI is InChI=1S/C12H16FNO2/c1-16-11-8-9(2-3-10(11)13)12(15)4-6-14-7-5-12/h2-3,8,14-15H,4-7H2,1H3. The Balaban J connectivity index is 2.32. The maximum atomic E-state index is 13.2. The Morgan fingerprint density at radius 2 is 2.06 bits per heavy atom. The third-order valence-corrected chi connectivity index (χ3v) is 3.12. The van der Waals surface area contributed by atoms with Gasteiger partial charge >= 0.3 is 0 Å². The summed E-state index contributed by atoms with van der Waals surface area (Å²) in [7, 11) is 1.43. The lowest BCUT2D eigenvalue weighted by Crippen LogP contribution is -2.39. The molecule has 2 rings (SSSR count). The number of hydrogen-bond donors (Lipinski definition) is 2. The highest BCUT2D eigenvalue weighted by atomic mass is 19.1. The number of hydrogen-bond acceptors (Lipinski definition) is 3. The van der Waals surface area contributed by atoms with Gasteiger partial charge in [-0.05, 0) is 43.6 Å². The SMILES string of the molecule is COc1cc(C2(O)CCNCC2)ccc1F. The molecule has 4 heteroatoms. The lowest BCUT2D eigenvalue weighted by atomic mass is 9.85. The van der Waals surface area contributed by atoms with Crippen molar-refractivity contribution in [2.75, 3.05) is 20.2 Å². The minimum Gasteiger partial charge on any atom is -0.494 e. The fourth-order valence-electron chi connectivity index (χ4n) is 2.08. The van der Waals surface area contributed by atoms with E-state index in [0.29, 0.717) is 12.8 Å². The zero-order valence-corrected chi connectivity index (χ0v) is 9.29. The van der Waals surface area contributed by atoms with Crippen molar-refractivity contribution in [3.63, 3.8) is 0 Å². The van der Waals surface area contributed by atoms with E-state index in [4.69, 9.17) is 4.74 Å². The van der Waals surface area contributed by atoms with Gasteiger partial charge in [-0.2, -0.15) is 0 Å². The van der Waals surface area contributed by atoms with Crippen LogP contribution in [0.3, 0.4) is 0 Å². The molecule has 0 saturated carbocycles. The van der Waals surface area contributed by atoms with Gasteiger partial charge in [0.25, 0.3) is 0 Å². The Morgan fingerprint density at radius 3 is 2.69 bits per heavy atom. The van der Waals surface area contributed by atoms with Crippen LogP contribution >= 0.6 is 0 Å². The zero-order valence-electron chi connectivity index (χ0n) is 9.29. The number of rotatable bonds is 2. The van der Waals surface area contributed by atoms with E-state index in [-0.39, 0.29) is 5.75 Å². The van der Waals surface area contributed by atoms with Crippen molar-refractivity contribution in [2.24, 2.45) is 0 Å². The van der Waals surface area contributed by atoms with E-state index in [2.05, 4.69) is 5.32 Å². The lowest BCUT2D eigenvalue weighted by Gasteiger charge is -2.33. The van der Waals surface area contributed by atoms with Gasteiger partial charge in [-0.25, -0.2) is 4.39 Å². The fourth-order valence-corrected chi connectivity index (χ4v) is 2.08. The van der Waals surface area contributed by atoms with Crippen molar-refractivity contribution >= 4 is 0 Å². The summed E-state index contributed by atoms with van der Waals surface area (Å²) in [5, 5.41) is 13.6. The quantitative estimate of drug-likeness (QED) is 0.799. The normalized spacial score (nSPS) is 19.4. The van der Waals surface area contributed by atoms with Gasteiger partial charge in [0.1, 0.15) is 0 Å². The smallest absolute Gasteiger partial charge is 0.165 e. The Hall–Kier alpha value is -1.13. The Kier molecular flexibility index (Phi) is 3.12. The van der Waals surface area contributed by atoms with Crippen LogP contribution in [0.5, 0.6) is 5.75 Å². The van der Waals surface area contributed by atoms with Gasteiger partial charge in [-0.15, -0.1) is 0 Å². The topological polar surface area (TPSA) is 41.5 Å². The summed E-state index contributed by atoms with van der Waals surface area (Å²) in [6, 6.07) is 4.55. The zero-order chi connectivity index (χ0) is 11.6. The Morgan fingerprint density at radius 1 is 1.38 bits per heavy atom. The van der Waals surface area contributed by atoms with Crippen LogP contribution in [-0.2, 0) is 5.60 Å². The first-order valence-corrected chi connectivity index (χ1v) is 5.43. The summed E-state index contributed by atoms with van der Waals surface area (Å²) < 4.78 is 18.2. The van der Waals surface area contributed by atoms with Gasteiger partial charge in [0.15, 0.2) is 11.6 Å². The summed E-state index contributed by atoms with van der Waals surface area (Å²) in [4.78, 5) is 0. The van der Waals surface area contributed by atoms with E-state index in [1.54, 1.807) is 12.1 Å². The van der Waals surface area contributed by atoms with Crippen molar-refractivity contribution in [1.82, 2.24) is 5.32 Å². The summed E-state index contributed by atoms with van der Waals surface area (Å²) in [5.74, 6) is -0.215. The molecular formula is C12H16FNO2. The number of aliphatic hydroxyl groups is 1. The number of nitrogens with one attached hydrogen (secondary N) is 1. The molecule has 1 fully saturated rings. The molecule has 0 amide bonds. The minimum absolute atomic E-state index is 0.185. The Labute approximate surface area is 94.2 Å². The molecule has 0 aliphatic carbocycles. The van der Waals surface area contributed by atoms with Crippen molar-refractivity contribution in [3.05, 3.63) is 29.6 Å². The molecule has 0 atom stereocenters. The highest BCUT2D eigenvalue weighted by molar-refractivity contribution is 5.34. The second kappa shape index (κ2) is 4.39. The molecule has 1 aromatic rings. The van der Waals surface area contributed by atoms with Gasteiger partial charge in [0.2, 0.25) is 0 Å². The molecule has 3 nitrogen and oxygen atoms in total. The summed E-state index contributed by atoms with van der Waals surface area (Å²) >= 11 is 0. The third kappa shape index (κ3) is 2.03. The second-order valence-corrected chi connectivity index (χ2v) is 4.13. The maximum Gasteiger partial charge on any atom is 0.165 e. The maximum absolute atomic E-state index is 13.2. The van der Waals surface area contributed by atoms with E-state index in [1.807, 2.05) is 0 Å².